The number of allylic oxidation sites excluding steroid dienone is 1. The van der Waals surface area contributed by atoms with Gasteiger partial charge in [-0.05, 0) is 57.2 Å². The second kappa shape index (κ2) is 11.5. The number of anilines is 1. The zero-order valence-corrected chi connectivity index (χ0v) is 17.6. The minimum absolute atomic E-state index is 0. The first-order chi connectivity index (χ1) is 12.4. The van der Waals surface area contributed by atoms with Crippen LogP contribution in [0.4, 0.5) is 5.69 Å². The van der Waals surface area contributed by atoms with Gasteiger partial charge in [0.1, 0.15) is 0 Å². The van der Waals surface area contributed by atoms with Crippen molar-refractivity contribution < 1.29 is 0 Å². The zero-order valence-electron chi connectivity index (χ0n) is 16.8. The van der Waals surface area contributed by atoms with Crippen molar-refractivity contribution in [3.8, 4) is 11.8 Å². The van der Waals surface area contributed by atoms with Gasteiger partial charge in [-0.25, -0.2) is 0 Å². The number of nitrogens with one attached hydrogen (secondary N) is 1. The molecule has 0 heterocycles. The lowest BCUT2D eigenvalue weighted by Crippen LogP contribution is -2.17. The molecule has 2 rings (SSSR count). The first kappa shape index (κ1) is 22.8. The summed E-state index contributed by atoms with van der Waals surface area (Å²) < 4.78 is 0. The third-order valence-corrected chi connectivity index (χ3v) is 3.78. The average molecular weight is 383 g/mol. The van der Waals surface area contributed by atoms with Crippen molar-refractivity contribution in [3.05, 3.63) is 77.9 Å². The number of likely N-dealkylation sites (N-methyl/N-ethyl adjacent to an activating group) is 1. The first-order valence-corrected chi connectivity index (χ1v) is 9.15. The number of hydrogen-bond donors (Lipinski definition) is 1. The fourth-order valence-corrected chi connectivity index (χ4v) is 2.52. The second-order valence-corrected chi connectivity index (χ2v) is 7.66. The van der Waals surface area contributed by atoms with Crippen LogP contribution in [0.25, 0.3) is 0 Å². The van der Waals surface area contributed by atoms with Crippen LogP contribution in [-0.2, 0) is 13.1 Å². The van der Waals surface area contributed by atoms with Crippen LogP contribution in [0.2, 0.25) is 0 Å². The molecule has 0 unspecified atom stereocenters. The fraction of sp³-hybridized carbons (Fsp3) is 0.333. The standard InChI is InChI=1S/C24H30N2.ClH/c1-24(2,3)16-9-6-10-17-26(4)20-22-13-11-12-21(18-22)19-25-23-14-7-5-8-15-23;/h5-8,10-15,18,25H,17,19-20H2,1-4H3;1H. The second-order valence-electron chi connectivity index (χ2n) is 7.66. The third kappa shape index (κ3) is 9.89. The van der Waals surface area contributed by atoms with Gasteiger partial charge in [0.15, 0.2) is 0 Å². The molecule has 0 fully saturated rings. The molecule has 0 aromatic heterocycles. The maximum absolute atomic E-state index is 3.46. The fourth-order valence-electron chi connectivity index (χ4n) is 2.52. The van der Waals surface area contributed by atoms with Gasteiger partial charge in [0, 0.05) is 30.7 Å². The highest BCUT2D eigenvalue weighted by atomic mass is 35.5. The van der Waals surface area contributed by atoms with E-state index in [-0.39, 0.29) is 17.8 Å². The molecule has 0 saturated heterocycles. The topological polar surface area (TPSA) is 15.3 Å². The molecule has 0 saturated carbocycles. The van der Waals surface area contributed by atoms with Crippen LogP contribution in [-0.4, -0.2) is 18.5 Å². The molecule has 144 valence electrons. The van der Waals surface area contributed by atoms with E-state index in [2.05, 4.69) is 92.4 Å². The molecular weight excluding hydrogens is 352 g/mol. The lowest BCUT2D eigenvalue weighted by atomic mass is 9.98. The number of benzene rings is 2. The van der Waals surface area contributed by atoms with Crippen molar-refractivity contribution in [1.29, 1.82) is 0 Å². The van der Waals surface area contributed by atoms with E-state index in [1.165, 1.54) is 11.1 Å². The Hall–Kier alpha value is -2.21. The van der Waals surface area contributed by atoms with Crippen LogP contribution in [0.1, 0.15) is 31.9 Å². The molecule has 0 bridgehead atoms. The molecule has 0 amide bonds. The van der Waals surface area contributed by atoms with Crippen LogP contribution in [0.15, 0.2) is 66.7 Å². The summed E-state index contributed by atoms with van der Waals surface area (Å²) in [6.07, 6.45) is 4.08. The van der Waals surface area contributed by atoms with Crippen LogP contribution in [0, 0.1) is 17.3 Å². The van der Waals surface area contributed by atoms with Crippen molar-refractivity contribution in [1.82, 2.24) is 4.90 Å². The summed E-state index contributed by atoms with van der Waals surface area (Å²) in [6.45, 7) is 9.03. The van der Waals surface area contributed by atoms with E-state index in [1.807, 2.05) is 24.3 Å². The summed E-state index contributed by atoms with van der Waals surface area (Å²) in [7, 11) is 2.14. The molecular formula is C24H31ClN2. The van der Waals surface area contributed by atoms with Gasteiger partial charge in [-0.1, -0.05) is 60.4 Å². The van der Waals surface area contributed by atoms with Crippen molar-refractivity contribution in [2.45, 2.75) is 33.9 Å². The highest BCUT2D eigenvalue weighted by molar-refractivity contribution is 5.85. The molecule has 2 aromatic rings. The van der Waals surface area contributed by atoms with Crippen molar-refractivity contribution >= 4 is 18.1 Å². The highest BCUT2D eigenvalue weighted by Gasteiger charge is 2.02. The monoisotopic (exact) mass is 382 g/mol. The van der Waals surface area contributed by atoms with E-state index in [4.69, 9.17) is 0 Å². The Morgan fingerprint density at radius 1 is 1.00 bits per heavy atom. The Labute approximate surface area is 171 Å². The first-order valence-electron chi connectivity index (χ1n) is 9.15. The molecule has 27 heavy (non-hydrogen) atoms. The predicted molar refractivity (Wildman–Crippen MR) is 120 cm³/mol. The van der Waals surface area contributed by atoms with E-state index < -0.39 is 0 Å². The Morgan fingerprint density at radius 2 is 1.70 bits per heavy atom. The van der Waals surface area contributed by atoms with Gasteiger partial charge in [-0.15, -0.1) is 12.4 Å². The minimum Gasteiger partial charge on any atom is -0.381 e. The average Bonchev–Trinajstić information content (AvgIpc) is 2.60. The molecule has 2 nitrogen and oxygen atoms in total. The lowest BCUT2D eigenvalue weighted by Gasteiger charge is -2.15. The molecule has 1 N–H and O–H groups in total. The van der Waals surface area contributed by atoms with E-state index >= 15 is 0 Å². The van der Waals surface area contributed by atoms with Crippen LogP contribution in [0.3, 0.4) is 0 Å². The molecule has 0 spiro atoms. The van der Waals surface area contributed by atoms with Gasteiger partial charge >= 0.3 is 0 Å². The quantitative estimate of drug-likeness (QED) is 0.612. The highest BCUT2D eigenvalue weighted by Crippen LogP contribution is 2.12. The maximum atomic E-state index is 3.46. The Morgan fingerprint density at radius 3 is 2.41 bits per heavy atom. The van der Waals surface area contributed by atoms with Crippen LogP contribution < -0.4 is 5.32 Å². The molecule has 0 aliphatic heterocycles. The third-order valence-electron chi connectivity index (χ3n) is 3.78. The van der Waals surface area contributed by atoms with Gasteiger partial charge in [0.2, 0.25) is 0 Å². The number of rotatable bonds is 7. The largest absolute Gasteiger partial charge is 0.381 e. The van der Waals surface area contributed by atoms with Crippen molar-refractivity contribution in [3.63, 3.8) is 0 Å². The summed E-state index contributed by atoms with van der Waals surface area (Å²) in [6, 6.07) is 19.1. The Kier molecular flexibility index (Phi) is 9.72. The molecule has 0 radical (unpaired) electrons. The maximum Gasteiger partial charge on any atom is 0.0400 e. The Balaban J connectivity index is 0.00000364. The van der Waals surface area contributed by atoms with Gasteiger partial charge < -0.3 is 5.32 Å². The van der Waals surface area contributed by atoms with E-state index in [1.54, 1.807) is 0 Å². The summed E-state index contributed by atoms with van der Waals surface area (Å²) in [5, 5.41) is 3.46. The molecule has 0 atom stereocenters. The van der Waals surface area contributed by atoms with E-state index in [0.29, 0.717) is 0 Å². The number of para-hydroxylation sites is 1. The summed E-state index contributed by atoms with van der Waals surface area (Å²) in [5.74, 6) is 6.34. The van der Waals surface area contributed by atoms with Gasteiger partial charge in [0.25, 0.3) is 0 Å². The lowest BCUT2D eigenvalue weighted by molar-refractivity contribution is 0.363. The van der Waals surface area contributed by atoms with Crippen molar-refractivity contribution in [2.75, 3.05) is 18.9 Å². The molecule has 0 aliphatic rings. The molecule has 3 heteroatoms. The number of nitrogens with zero attached hydrogens (tertiary/aromatic N) is 1. The molecule has 2 aromatic carbocycles. The van der Waals surface area contributed by atoms with Crippen LogP contribution in [0.5, 0.6) is 0 Å². The van der Waals surface area contributed by atoms with E-state index in [9.17, 15) is 0 Å². The SMILES string of the molecule is CN(CC=CC#CC(C)(C)C)Cc1cccc(CNc2ccccc2)c1.Cl. The summed E-state index contributed by atoms with van der Waals surface area (Å²) in [5.41, 5.74) is 3.83. The number of halogens is 1. The predicted octanol–water partition coefficient (Wildman–Crippen LogP) is 5.76. The van der Waals surface area contributed by atoms with Crippen molar-refractivity contribution in [2.24, 2.45) is 5.41 Å². The summed E-state index contributed by atoms with van der Waals surface area (Å²) in [4.78, 5) is 2.29. The normalized spacial score (nSPS) is 11.0. The van der Waals surface area contributed by atoms with Crippen LogP contribution >= 0.6 is 12.4 Å². The number of hydrogen-bond acceptors (Lipinski definition) is 2. The minimum atomic E-state index is 0. The smallest absolute Gasteiger partial charge is 0.0400 e. The van der Waals surface area contributed by atoms with Gasteiger partial charge in [0.05, 0.1) is 0 Å². The zero-order chi connectivity index (χ0) is 18.8. The Bertz CT molecular complexity index is 764. The van der Waals surface area contributed by atoms with Gasteiger partial charge in [-0.2, -0.15) is 0 Å². The van der Waals surface area contributed by atoms with Gasteiger partial charge in [-0.3, -0.25) is 4.90 Å². The summed E-state index contributed by atoms with van der Waals surface area (Å²) >= 11 is 0. The van der Waals surface area contributed by atoms with E-state index in [0.717, 1.165) is 25.3 Å². The molecule has 0 aliphatic carbocycles.